The lowest BCUT2D eigenvalue weighted by Crippen LogP contribution is -2.41. The molecule has 1 rings (SSSR count). The van der Waals surface area contributed by atoms with Gasteiger partial charge in [0.15, 0.2) is 9.84 Å². The van der Waals surface area contributed by atoms with Crippen molar-refractivity contribution < 1.29 is 8.42 Å². The lowest BCUT2D eigenvalue weighted by atomic mass is 10.2. The van der Waals surface area contributed by atoms with Crippen LogP contribution in [0.25, 0.3) is 0 Å². The van der Waals surface area contributed by atoms with Gasteiger partial charge in [-0.25, -0.2) is 8.42 Å². The molecule has 0 amide bonds. The number of sulfone groups is 1. The highest BCUT2D eigenvalue weighted by molar-refractivity contribution is 9.10. The Morgan fingerprint density at radius 1 is 1.39 bits per heavy atom. The number of hydrogen-bond acceptors (Lipinski definition) is 3. The molecular formula is C12H17BrClNO2S. The molecular weight excluding hydrogens is 338 g/mol. The van der Waals surface area contributed by atoms with Gasteiger partial charge >= 0.3 is 0 Å². The van der Waals surface area contributed by atoms with E-state index in [0.717, 1.165) is 10.0 Å². The fourth-order valence-electron chi connectivity index (χ4n) is 1.29. The lowest BCUT2D eigenvalue weighted by molar-refractivity contribution is 0.521. The van der Waals surface area contributed by atoms with E-state index in [-0.39, 0.29) is 0 Å². The maximum absolute atomic E-state index is 11.5. The first-order chi connectivity index (χ1) is 8.13. The van der Waals surface area contributed by atoms with Crippen LogP contribution in [0, 0.1) is 0 Å². The smallest absolute Gasteiger partial charge is 0.153 e. The predicted octanol–water partition coefficient (Wildman–Crippen LogP) is 3.02. The van der Waals surface area contributed by atoms with Crippen LogP contribution in [0.4, 0.5) is 0 Å². The number of nitrogens with one attached hydrogen (secondary N) is 1. The molecule has 0 heterocycles. The first kappa shape index (κ1) is 16.0. The fourth-order valence-corrected chi connectivity index (χ4v) is 2.48. The summed E-state index contributed by atoms with van der Waals surface area (Å²) in [6, 6.07) is 5.54. The normalized spacial score (nSPS) is 12.7. The number of hydrogen-bond donors (Lipinski definition) is 1. The van der Waals surface area contributed by atoms with Gasteiger partial charge < -0.3 is 5.32 Å². The van der Waals surface area contributed by atoms with Crippen molar-refractivity contribution in [2.75, 3.05) is 12.8 Å². The highest BCUT2D eigenvalue weighted by atomic mass is 79.9. The van der Waals surface area contributed by atoms with Crippen molar-refractivity contribution in [1.29, 1.82) is 0 Å². The molecule has 0 aliphatic heterocycles. The number of halogens is 2. The minimum atomic E-state index is -3.07. The molecule has 1 aromatic rings. The topological polar surface area (TPSA) is 46.2 Å². The van der Waals surface area contributed by atoms with E-state index in [1.54, 1.807) is 13.8 Å². The third-order valence-corrected chi connectivity index (χ3v) is 6.01. The first-order valence-corrected chi connectivity index (χ1v) is 8.54. The highest BCUT2D eigenvalue weighted by Gasteiger charge is 2.29. The van der Waals surface area contributed by atoms with E-state index in [0.29, 0.717) is 18.1 Å². The summed E-state index contributed by atoms with van der Waals surface area (Å²) in [4.78, 5) is 0. The van der Waals surface area contributed by atoms with Crippen molar-refractivity contribution in [3.63, 3.8) is 0 Å². The zero-order valence-electron chi connectivity index (χ0n) is 10.6. The summed E-state index contributed by atoms with van der Waals surface area (Å²) >= 11 is 9.28. The van der Waals surface area contributed by atoms with Gasteiger partial charge in [-0.2, -0.15) is 0 Å². The van der Waals surface area contributed by atoms with Gasteiger partial charge in [0.25, 0.3) is 0 Å². The summed E-state index contributed by atoms with van der Waals surface area (Å²) in [5, 5.41) is 3.83. The molecule has 0 aliphatic rings. The van der Waals surface area contributed by atoms with Crippen LogP contribution in [0.3, 0.4) is 0 Å². The molecule has 0 fully saturated rings. The van der Waals surface area contributed by atoms with Gasteiger partial charge in [-0.3, -0.25) is 0 Å². The zero-order chi connectivity index (χ0) is 14.0. The molecule has 0 radical (unpaired) electrons. The van der Waals surface area contributed by atoms with E-state index in [4.69, 9.17) is 11.6 Å². The summed E-state index contributed by atoms with van der Waals surface area (Å²) in [5.41, 5.74) is 1.05. The predicted molar refractivity (Wildman–Crippen MR) is 79.8 cm³/mol. The second-order valence-electron chi connectivity index (χ2n) is 4.87. The molecule has 1 N–H and O–H groups in total. The Bertz CT molecular complexity index is 529. The molecule has 0 unspecified atom stereocenters. The molecule has 3 nitrogen and oxygen atoms in total. The molecule has 0 atom stereocenters. The Labute approximate surface area is 122 Å². The van der Waals surface area contributed by atoms with Crippen LogP contribution in [0.1, 0.15) is 19.4 Å². The molecule has 102 valence electrons. The summed E-state index contributed by atoms with van der Waals surface area (Å²) in [6.45, 7) is 4.43. The van der Waals surface area contributed by atoms with Crippen LogP contribution in [-0.4, -0.2) is 26.0 Å². The quantitative estimate of drug-likeness (QED) is 0.884. The van der Waals surface area contributed by atoms with Crippen molar-refractivity contribution >= 4 is 37.4 Å². The average molecular weight is 355 g/mol. The van der Waals surface area contributed by atoms with Gasteiger partial charge in [0.1, 0.15) is 0 Å². The molecule has 0 aliphatic carbocycles. The van der Waals surface area contributed by atoms with Crippen molar-refractivity contribution in [1.82, 2.24) is 5.32 Å². The summed E-state index contributed by atoms with van der Waals surface area (Å²) in [7, 11) is -3.07. The van der Waals surface area contributed by atoms with Gasteiger partial charge in [-0.05, 0) is 31.5 Å². The van der Waals surface area contributed by atoms with E-state index >= 15 is 0 Å². The standard InChI is InChI=1S/C12H17BrClNO2S/c1-12(2,18(3,16)17)8-15-7-9-4-5-10(14)6-11(9)13/h4-6,15H,7-8H2,1-3H3. The van der Waals surface area contributed by atoms with Crippen LogP contribution >= 0.6 is 27.5 Å². The van der Waals surface area contributed by atoms with E-state index in [9.17, 15) is 8.42 Å². The van der Waals surface area contributed by atoms with Gasteiger partial charge in [0.2, 0.25) is 0 Å². The van der Waals surface area contributed by atoms with Crippen molar-refractivity contribution in [2.45, 2.75) is 25.1 Å². The van der Waals surface area contributed by atoms with Crippen LogP contribution in [0.2, 0.25) is 5.02 Å². The molecule has 0 bridgehead atoms. The molecule has 0 aromatic heterocycles. The second kappa shape index (κ2) is 5.90. The SMILES string of the molecule is CC(C)(CNCc1ccc(Cl)cc1Br)S(C)(=O)=O. The van der Waals surface area contributed by atoms with E-state index in [1.807, 2.05) is 18.2 Å². The summed E-state index contributed by atoms with van der Waals surface area (Å²) < 4.78 is 23.2. The monoisotopic (exact) mass is 353 g/mol. The van der Waals surface area contributed by atoms with Crippen LogP contribution in [-0.2, 0) is 16.4 Å². The maximum Gasteiger partial charge on any atom is 0.153 e. The second-order valence-corrected chi connectivity index (χ2v) is 8.81. The third-order valence-electron chi connectivity index (χ3n) is 2.89. The highest BCUT2D eigenvalue weighted by Crippen LogP contribution is 2.21. The Balaban J connectivity index is 2.62. The van der Waals surface area contributed by atoms with E-state index in [2.05, 4.69) is 21.2 Å². The van der Waals surface area contributed by atoms with Crippen LogP contribution in [0.5, 0.6) is 0 Å². The zero-order valence-corrected chi connectivity index (χ0v) is 13.8. The molecule has 0 saturated carbocycles. The average Bonchev–Trinajstić information content (AvgIpc) is 2.19. The molecule has 0 saturated heterocycles. The molecule has 6 heteroatoms. The third kappa shape index (κ3) is 4.23. The lowest BCUT2D eigenvalue weighted by Gasteiger charge is -2.23. The van der Waals surface area contributed by atoms with Crippen molar-refractivity contribution in [3.8, 4) is 0 Å². The Morgan fingerprint density at radius 3 is 2.50 bits per heavy atom. The molecule has 1 aromatic carbocycles. The van der Waals surface area contributed by atoms with Gasteiger partial charge in [-0.15, -0.1) is 0 Å². The number of benzene rings is 1. The van der Waals surface area contributed by atoms with Crippen LogP contribution < -0.4 is 5.32 Å². The maximum atomic E-state index is 11.5. The summed E-state index contributed by atoms with van der Waals surface area (Å²) in [5.74, 6) is 0. The summed E-state index contributed by atoms with van der Waals surface area (Å²) in [6.07, 6.45) is 1.26. The fraction of sp³-hybridized carbons (Fsp3) is 0.500. The minimum Gasteiger partial charge on any atom is -0.311 e. The first-order valence-electron chi connectivity index (χ1n) is 5.48. The Morgan fingerprint density at radius 2 is 2.00 bits per heavy atom. The molecule has 18 heavy (non-hydrogen) atoms. The largest absolute Gasteiger partial charge is 0.311 e. The number of rotatable bonds is 5. The van der Waals surface area contributed by atoms with E-state index in [1.165, 1.54) is 6.26 Å². The minimum absolute atomic E-state index is 0.404. The van der Waals surface area contributed by atoms with Gasteiger partial charge in [-0.1, -0.05) is 33.6 Å². The Kier molecular flexibility index (Phi) is 5.23. The van der Waals surface area contributed by atoms with E-state index < -0.39 is 14.6 Å². The van der Waals surface area contributed by atoms with Crippen molar-refractivity contribution in [2.24, 2.45) is 0 Å². The van der Waals surface area contributed by atoms with Crippen LogP contribution in [0.15, 0.2) is 22.7 Å². The van der Waals surface area contributed by atoms with Gasteiger partial charge in [0.05, 0.1) is 4.75 Å². The Hall–Kier alpha value is -0.100. The van der Waals surface area contributed by atoms with Crippen molar-refractivity contribution in [3.05, 3.63) is 33.3 Å². The van der Waals surface area contributed by atoms with Gasteiger partial charge in [0, 0.05) is 28.8 Å². The molecule has 0 spiro atoms.